The van der Waals surface area contributed by atoms with Crippen LogP contribution in [-0.4, -0.2) is 5.97 Å². The molecule has 0 fully saturated rings. The van der Waals surface area contributed by atoms with Crippen molar-refractivity contribution in [3.8, 4) is 0 Å². The smallest absolute Gasteiger partial charge is 0.306 e. The second-order valence-electron chi connectivity index (χ2n) is 7.12. The molecule has 1 aliphatic rings. The second kappa shape index (κ2) is 5.60. The van der Waals surface area contributed by atoms with Crippen LogP contribution in [0.1, 0.15) is 50.8 Å². The lowest BCUT2D eigenvalue weighted by atomic mass is 9.90. The van der Waals surface area contributed by atoms with Gasteiger partial charge in [0.05, 0.1) is 0 Å². The van der Waals surface area contributed by atoms with Crippen molar-refractivity contribution in [3.63, 3.8) is 0 Å². The summed E-state index contributed by atoms with van der Waals surface area (Å²) in [5.74, 6) is -0.124. The Bertz CT molecular complexity index is 730. The minimum absolute atomic E-state index is 0.124. The van der Waals surface area contributed by atoms with Crippen molar-refractivity contribution >= 4 is 22.8 Å². The summed E-state index contributed by atoms with van der Waals surface area (Å²) in [6.07, 6.45) is 5.06. The zero-order chi connectivity index (χ0) is 15.7. The summed E-state index contributed by atoms with van der Waals surface area (Å²) in [5, 5.41) is 2.39. The van der Waals surface area contributed by atoms with Gasteiger partial charge in [-0.3, -0.25) is 4.79 Å². The van der Waals surface area contributed by atoms with Gasteiger partial charge in [-0.2, -0.15) is 0 Å². The first-order chi connectivity index (χ1) is 10.4. The summed E-state index contributed by atoms with van der Waals surface area (Å²) in [7, 11) is 0. The van der Waals surface area contributed by atoms with Crippen LogP contribution >= 0.6 is 0 Å². The molecule has 0 saturated heterocycles. The molecule has 2 aromatic rings. The number of hydrogen-bond acceptors (Lipinski definition) is 2. The fourth-order valence-corrected chi connectivity index (χ4v) is 2.85. The topological polar surface area (TPSA) is 26.3 Å². The van der Waals surface area contributed by atoms with Gasteiger partial charge in [-0.1, -0.05) is 63.2 Å². The molecule has 0 spiro atoms. The van der Waals surface area contributed by atoms with Gasteiger partial charge in [0.2, 0.25) is 0 Å². The van der Waals surface area contributed by atoms with E-state index < -0.39 is 0 Å². The monoisotopic (exact) mass is 294 g/mol. The van der Waals surface area contributed by atoms with E-state index in [1.807, 2.05) is 12.1 Å². The largest absolute Gasteiger partial charge is 0.453 e. The molecule has 0 saturated carbocycles. The van der Waals surface area contributed by atoms with Gasteiger partial charge in [-0.25, -0.2) is 0 Å². The van der Waals surface area contributed by atoms with Crippen LogP contribution in [-0.2, 0) is 9.53 Å². The van der Waals surface area contributed by atoms with E-state index in [9.17, 15) is 4.79 Å². The Labute approximate surface area is 131 Å². The van der Waals surface area contributed by atoms with Crippen LogP contribution in [0.4, 0.5) is 0 Å². The number of hydrogen-bond donors (Lipinski definition) is 0. The molecule has 1 aliphatic carbocycles. The summed E-state index contributed by atoms with van der Waals surface area (Å²) in [6.45, 7) is 6.41. The lowest BCUT2D eigenvalue weighted by Crippen LogP contribution is -2.14. The molecule has 0 radical (unpaired) electrons. The summed E-state index contributed by atoms with van der Waals surface area (Å²) in [4.78, 5) is 12.1. The van der Waals surface area contributed by atoms with Crippen molar-refractivity contribution in [2.45, 2.75) is 39.7 Å². The van der Waals surface area contributed by atoms with E-state index in [1.165, 1.54) is 16.3 Å². The van der Waals surface area contributed by atoms with E-state index >= 15 is 0 Å². The Kier molecular flexibility index (Phi) is 3.78. The molecule has 0 heterocycles. The van der Waals surface area contributed by atoms with E-state index in [2.05, 4.69) is 57.2 Å². The molecule has 3 rings (SSSR count). The minimum Gasteiger partial charge on any atom is -0.453 e. The molecule has 2 heteroatoms. The fraction of sp³-hybridized carbons (Fsp3) is 0.350. The average Bonchev–Trinajstić information content (AvgIpc) is 2.48. The maximum atomic E-state index is 12.1. The number of benzene rings is 2. The van der Waals surface area contributed by atoms with Crippen LogP contribution in [0.2, 0.25) is 0 Å². The Hall–Kier alpha value is -2.09. The van der Waals surface area contributed by atoms with Gasteiger partial charge >= 0.3 is 5.97 Å². The highest BCUT2D eigenvalue weighted by molar-refractivity contribution is 5.95. The summed E-state index contributed by atoms with van der Waals surface area (Å²) >= 11 is 0. The number of rotatable bonds is 3. The van der Waals surface area contributed by atoms with E-state index in [0.717, 1.165) is 12.0 Å². The van der Waals surface area contributed by atoms with Gasteiger partial charge in [0, 0.05) is 12.0 Å². The van der Waals surface area contributed by atoms with Crippen LogP contribution in [0.5, 0.6) is 0 Å². The van der Waals surface area contributed by atoms with E-state index in [-0.39, 0.29) is 17.5 Å². The molecule has 1 unspecified atom stereocenters. The van der Waals surface area contributed by atoms with Gasteiger partial charge in [0.25, 0.3) is 0 Å². The van der Waals surface area contributed by atoms with Crippen LogP contribution in [0.3, 0.4) is 0 Å². The molecule has 0 N–H and O–H groups in total. The highest BCUT2D eigenvalue weighted by atomic mass is 16.5. The first kappa shape index (κ1) is 14.8. The van der Waals surface area contributed by atoms with Gasteiger partial charge in [0.1, 0.15) is 6.10 Å². The molecule has 22 heavy (non-hydrogen) atoms. The number of esters is 1. The van der Waals surface area contributed by atoms with Crippen molar-refractivity contribution < 1.29 is 9.53 Å². The lowest BCUT2D eigenvalue weighted by Gasteiger charge is -2.22. The Morgan fingerprint density at radius 2 is 1.86 bits per heavy atom. The summed E-state index contributed by atoms with van der Waals surface area (Å²) in [5.41, 5.74) is 2.42. The Balaban J connectivity index is 1.82. The van der Waals surface area contributed by atoms with Gasteiger partial charge in [-0.05, 0) is 34.2 Å². The normalized spacial score (nSPS) is 16.8. The maximum absolute atomic E-state index is 12.1. The molecular weight excluding hydrogens is 272 g/mol. The third-order valence-corrected chi connectivity index (χ3v) is 4.06. The van der Waals surface area contributed by atoms with Crippen molar-refractivity contribution in [1.82, 2.24) is 0 Å². The number of carbonyl (C=O) groups excluding carboxylic acids is 1. The molecular formula is C20H22O2. The molecule has 0 amide bonds. The number of carbonyl (C=O) groups is 1. The molecule has 2 nitrogen and oxygen atoms in total. The van der Waals surface area contributed by atoms with Crippen molar-refractivity contribution in [1.29, 1.82) is 0 Å². The zero-order valence-electron chi connectivity index (χ0n) is 13.4. The van der Waals surface area contributed by atoms with Crippen LogP contribution < -0.4 is 0 Å². The van der Waals surface area contributed by atoms with Gasteiger partial charge in [-0.15, -0.1) is 0 Å². The first-order valence-electron chi connectivity index (χ1n) is 7.83. The molecule has 0 bridgehead atoms. The fourth-order valence-electron chi connectivity index (χ4n) is 2.85. The van der Waals surface area contributed by atoms with Crippen LogP contribution in [0.15, 0.2) is 42.5 Å². The third kappa shape index (κ3) is 3.06. The predicted molar refractivity (Wildman–Crippen MR) is 90.5 cm³/mol. The summed E-state index contributed by atoms with van der Waals surface area (Å²) < 4.78 is 5.71. The second-order valence-corrected chi connectivity index (χ2v) is 7.12. The predicted octanol–water partition coefficient (Wildman–Crippen LogP) is 5.28. The average molecular weight is 294 g/mol. The molecule has 0 aliphatic heterocycles. The first-order valence-corrected chi connectivity index (χ1v) is 7.83. The molecule has 1 atom stereocenters. The summed E-state index contributed by atoms with van der Waals surface area (Å²) in [6, 6.07) is 12.4. The highest BCUT2D eigenvalue weighted by Gasteiger charge is 2.21. The Morgan fingerprint density at radius 1 is 1.14 bits per heavy atom. The minimum atomic E-state index is -0.272. The van der Waals surface area contributed by atoms with Crippen molar-refractivity contribution in [3.05, 3.63) is 53.6 Å². The Morgan fingerprint density at radius 3 is 2.59 bits per heavy atom. The SMILES string of the molecule is CC(C)(C)CCC(=O)OC1C=Cc2cccc3cccc1c23. The molecule has 2 aromatic carbocycles. The third-order valence-electron chi connectivity index (χ3n) is 4.06. The highest BCUT2D eigenvalue weighted by Crippen LogP contribution is 2.35. The lowest BCUT2D eigenvalue weighted by molar-refractivity contribution is -0.147. The molecule has 0 aromatic heterocycles. The van der Waals surface area contributed by atoms with Crippen molar-refractivity contribution in [2.75, 3.05) is 0 Å². The number of ether oxygens (including phenoxy) is 1. The van der Waals surface area contributed by atoms with Gasteiger partial charge in [0.15, 0.2) is 0 Å². The quantitative estimate of drug-likeness (QED) is 0.720. The maximum Gasteiger partial charge on any atom is 0.306 e. The van der Waals surface area contributed by atoms with E-state index in [1.54, 1.807) is 0 Å². The standard InChI is InChI=1S/C20H22O2/c1-20(2,3)13-12-18(21)22-17-11-10-15-7-4-6-14-8-5-9-16(17)19(14)15/h4-11,17H,12-13H2,1-3H3. The zero-order valence-corrected chi connectivity index (χ0v) is 13.4. The van der Waals surface area contributed by atoms with E-state index in [4.69, 9.17) is 4.74 Å². The van der Waals surface area contributed by atoms with Crippen molar-refractivity contribution in [2.24, 2.45) is 5.41 Å². The van der Waals surface area contributed by atoms with Crippen LogP contribution in [0, 0.1) is 5.41 Å². The van der Waals surface area contributed by atoms with Crippen LogP contribution in [0.25, 0.3) is 16.8 Å². The van der Waals surface area contributed by atoms with Gasteiger partial charge < -0.3 is 4.74 Å². The molecule has 114 valence electrons. The van der Waals surface area contributed by atoms with E-state index in [0.29, 0.717) is 6.42 Å².